The van der Waals surface area contributed by atoms with Gasteiger partial charge in [0.1, 0.15) is 0 Å². The maximum atomic E-state index is 11.4. The highest BCUT2D eigenvalue weighted by Crippen LogP contribution is 2.23. The Kier molecular flexibility index (Phi) is 3.39. The molecule has 4 heteroatoms. The quantitative estimate of drug-likeness (QED) is 0.791. The van der Waals surface area contributed by atoms with Gasteiger partial charge < -0.3 is 0 Å². The van der Waals surface area contributed by atoms with Gasteiger partial charge in [-0.1, -0.05) is 19.1 Å². The molecule has 1 aromatic carbocycles. The molecule has 0 aliphatic carbocycles. The van der Waals surface area contributed by atoms with Crippen LogP contribution in [0.4, 0.5) is 5.69 Å². The maximum absolute atomic E-state index is 11.4. The first kappa shape index (κ1) is 12.0. The van der Waals surface area contributed by atoms with Gasteiger partial charge in [0.25, 0.3) is 0 Å². The molecule has 15 heavy (non-hydrogen) atoms. The molecule has 1 aromatic rings. The van der Waals surface area contributed by atoms with Crippen molar-refractivity contribution in [1.82, 2.24) is 0 Å². The van der Waals surface area contributed by atoms with Gasteiger partial charge in [0, 0.05) is 7.05 Å². The fraction of sp³-hybridized carbons (Fsp3) is 0.455. The Morgan fingerprint density at radius 1 is 1.33 bits per heavy atom. The number of sulfonamides is 1. The Labute approximate surface area is 91.8 Å². The number of rotatable bonds is 3. The van der Waals surface area contributed by atoms with Crippen molar-refractivity contribution in [2.24, 2.45) is 0 Å². The lowest BCUT2D eigenvalue weighted by Gasteiger charge is -2.20. The monoisotopic (exact) mass is 227 g/mol. The SMILES string of the molecule is CCc1ccc(C)cc1N(C)S(C)(=O)=O. The minimum Gasteiger partial charge on any atom is -0.273 e. The number of benzene rings is 1. The highest BCUT2D eigenvalue weighted by molar-refractivity contribution is 7.92. The fourth-order valence-electron chi connectivity index (χ4n) is 1.44. The summed E-state index contributed by atoms with van der Waals surface area (Å²) < 4.78 is 24.2. The molecular formula is C11H17NO2S. The van der Waals surface area contributed by atoms with Crippen molar-refractivity contribution in [2.75, 3.05) is 17.6 Å². The minimum atomic E-state index is -3.17. The summed E-state index contributed by atoms with van der Waals surface area (Å²) in [6, 6.07) is 5.88. The summed E-state index contributed by atoms with van der Waals surface area (Å²) in [5, 5.41) is 0. The molecule has 3 nitrogen and oxygen atoms in total. The standard InChI is InChI=1S/C11H17NO2S/c1-5-10-7-6-9(2)8-11(10)12(3)15(4,13)14/h6-8H,5H2,1-4H3. The smallest absolute Gasteiger partial charge is 0.232 e. The normalized spacial score (nSPS) is 11.5. The molecule has 0 bridgehead atoms. The van der Waals surface area contributed by atoms with E-state index in [-0.39, 0.29) is 0 Å². The summed E-state index contributed by atoms with van der Waals surface area (Å²) in [5.74, 6) is 0. The van der Waals surface area contributed by atoms with Crippen LogP contribution in [0.15, 0.2) is 18.2 Å². The van der Waals surface area contributed by atoms with Gasteiger partial charge >= 0.3 is 0 Å². The first-order valence-electron chi connectivity index (χ1n) is 4.89. The van der Waals surface area contributed by atoms with Crippen LogP contribution in [0.3, 0.4) is 0 Å². The molecule has 0 spiro atoms. The van der Waals surface area contributed by atoms with Crippen LogP contribution in [0.2, 0.25) is 0 Å². The van der Waals surface area contributed by atoms with Gasteiger partial charge in [-0.15, -0.1) is 0 Å². The first-order chi connectivity index (χ1) is 6.86. The molecule has 0 amide bonds. The zero-order valence-electron chi connectivity index (χ0n) is 9.61. The van der Waals surface area contributed by atoms with Crippen molar-refractivity contribution < 1.29 is 8.42 Å². The molecule has 0 aliphatic heterocycles. The van der Waals surface area contributed by atoms with Crippen LogP contribution in [0.1, 0.15) is 18.1 Å². The Balaban J connectivity index is 3.29. The van der Waals surface area contributed by atoms with E-state index in [4.69, 9.17) is 0 Å². The van der Waals surface area contributed by atoms with E-state index >= 15 is 0 Å². The van der Waals surface area contributed by atoms with Crippen molar-refractivity contribution in [2.45, 2.75) is 20.3 Å². The van der Waals surface area contributed by atoms with E-state index in [1.54, 1.807) is 7.05 Å². The number of nitrogens with zero attached hydrogens (tertiary/aromatic N) is 1. The summed E-state index contributed by atoms with van der Waals surface area (Å²) in [6.45, 7) is 3.98. The molecule has 84 valence electrons. The van der Waals surface area contributed by atoms with Crippen LogP contribution in [0.5, 0.6) is 0 Å². The van der Waals surface area contributed by atoms with Gasteiger partial charge in [0.05, 0.1) is 11.9 Å². The molecule has 0 N–H and O–H groups in total. The Bertz CT molecular complexity index is 452. The largest absolute Gasteiger partial charge is 0.273 e. The Hall–Kier alpha value is -1.03. The van der Waals surface area contributed by atoms with Gasteiger partial charge in [-0.2, -0.15) is 0 Å². The molecular weight excluding hydrogens is 210 g/mol. The molecule has 0 heterocycles. The van der Waals surface area contributed by atoms with E-state index in [0.29, 0.717) is 0 Å². The fourth-order valence-corrected chi connectivity index (χ4v) is 1.97. The second kappa shape index (κ2) is 4.23. The molecule has 0 radical (unpaired) electrons. The minimum absolute atomic E-state index is 0.778. The zero-order valence-corrected chi connectivity index (χ0v) is 10.4. The van der Waals surface area contributed by atoms with Gasteiger partial charge in [-0.3, -0.25) is 4.31 Å². The van der Waals surface area contributed by atoms with Crippen LogP contribution >= 0.6 is 0 Å². The second-order valence-corrected chi connectivity index (χ2v) is 5.73. The summed E-state index contributed by atoms with van der Waals surface area (Å²) in [4.78, 5) is 0. The van der Waals surface area contributed by atoms with Crippen molar-refractivity contribution in [3.05, 3.63) is 29.3 Å². The summed E-state index contributed by atoms with van der Waals surface area (Å²) >= 11 is 0. The van der Waals surface area contributed by atoms with E-state index in [1.165, 1.54) is 10.6 Å². The van der Waals surface area contributed by atoms with E-state index in [2.05, 4.69) is 0 Å². The van der Waals surface area contributed by atoms with Crippen molar-refractivity contribution >= 4 is 15.7 Å². The highest BCUT2D eigenvalue weighted by atomic mass is 32.2. The van der Waals surface area contributed by atoms with Gasteiger partial charge in [-0.25, -0.2) is 8.42 Å². The highest BCUT2D eigenvalue weighted by Gasteiger charge is 2.14. The predicted molar refractivity (Wildman–Crippen MR) is 63.8 cm³/mol. The van der Waals surface area contributed by atoms with E-state index in [9.17, 15) is 8.42 Å². The third-order valence-electron chi connectivity index (χ3n) is 2.46. The van der Waals surface area contributed by atoms with Crippen LogP contribution < -0.4 is 4.31 Å². The number of anilines is 1. The van der Waals surface area contributed by atoms with E-state index in [1.807, 2.05) is 32.0 Å². The molecule has 0 saturated carbocycles. The topological polar surface area (TPSA) is 37.4 Å². The first-order valence-corrected chi connectivity index (χ1v) is 6.74. The lowest BCUT2D eigenvalue weighted by molar-refractivity contribution is 0.600. The Morgan fingerprint density at radius 3 is 2.40 bits per heavy atom. The van der Waals surface area contributed by atoms with E-state index < -0.39 is 10.0 Å². The molecule has 0 atom stereocenters. The van der Waals surface area contributed by atoms with Crippen LogP contribution in [-0.4, -0.2) is 21.7 Å². The maximum Gasteiger partial charge on any atom is 0.232 e. The van der Waals surface area contributed by atoms with E-state index in [0.717, 1.165) is 23.2 Å². The van der Waals surface area contributed by atoms with Gasteiger partial charge in [-0.05, 0) is 30.5 Å². The molecule has 0 saturated heterocycles. The summed E-state index contributed by atoms with van der Waals surface area (Å²) in [5.41, 5.74) is 2.89. The van der Waals surface area contributed by atoms with Crippen molar-refractivity contribution in [3.8, 4) is 0 Å². The second-order valence-electron chi connectivity index (χ2n) is 3.72. The van der Waals surface area contributed by atoms with Crippen LogP contribution in [0.25, 0.3) is 0 Å². The summed E-state index contributed by atoms with van der Waals surface area (Å²) in [7, 11) is -1.59. The number of hydrogen-bond donors (Lipinski definition) is 0. The molecule has 0 aromatic heterocycles. The Morgan fingerprint density at radius 2 is 1.93 bits per heavy atom. The lowest BCUT2D eigenvalue weighted by atomic mass is 10.1. The average Bonchev–Trinajstić information content (AvgIpc) is 2.15. The predicted octanol–water partition coefficient (Wildman–Crippen LogP) is 1.95. The average molecular weight is 227 g/mol. The number of hydrogen-bond acceptors (Lipinski definition) is 2. The molecule has 0 fully saturated rings. The van der Waals surface area contributed by atoms with Crippen LogP contribution in [0, 0.1) is 6.92 Å². The zero-order chi connectivity index (χ0) is 11.6. The lowest BCUT2D eigenvalue weighted by Crippen LogP contribution is -2.25. The summed E-state index contributed by atoms with van der Waals surface area (Å²) in [6.07, 6.45) is 2.05. The third kappa shape index (κ3) is 2.72. The molecule has 0 aliphatic rings. The van der Waals surface area contributed by atoms with Crippen molar-refractivity contribution in [3.63, 3.8) is 0 Å². The number of aryl methyl sites for hydroxylation is 2. The van der Waals surface area contributed by atoms with Crippen LogP contribution in [-0.2, 0) is 16.4 Å². The third-order valence-corrected chi connectivity index (χ3v) is 3.65. The van der Waals surface area contributed by atoms with Crippen molar-refractivity contribution in [1.29, 1.82) is 0 Å². The van der Waals surface area contributed by atoms with Gasteiger partial charge in [0.15, 0.2) is 0 Å². The molecule has 1 rings (SSSR count). The van der Waals surface area contributed by atoms with Gasteiger partial charge in [0.2, 0.25) is 10.0 Å². The molecule has 0 unspecified atom stereocenters.